The molecule has 2 N–H and O–H groups in total. The van der Waals surface area contributed by atoms with E-state index < -0.39 is 0 Å². The summed E-state index contributed by atoms with van der Waals surface area (Å²) < 4.78 is 7.75. The number of aromatic nitrogens is 2. The zero-order valence-corrected chi connectivity index (χ0v) is 10.6. The molecule has 1 aliphatic carbocycles. The Labute approximate surface area is 103 Å². The van der Waals surface area contributed by atoms with Gasteiger partial charge in [0, 0.05) is 25.4 Å². The normalized spacial score (nSPS) is 19.4. The van der Waals surface area contributed by atoms with E-state index in [1.165, 1.54) is 32.1 Å². The van der Waals surface area contributed by atoms with Gasteiger partial charge >= 0.3 is 0 Å². The lowest BCUT2D eigenvalue weighted by Crippen LogP contribution is -2.20. The Kier molecular flexibility index (Phi) is 4.57. The van der Waals surface area contributed by atoms with E-state index >= 15 is 0 Å². The fraction of sp³-hybridized carbons (Fsp3) is 0.769. The maximum absolute atomic E-state index is 5.95. The molecule has 1 saturated carbocycles. The first-order chi connectivity index (χ1) is 8.29. The van der Waals surface area contributed by atoms with Crippen molar-refractivity contribution in [3.63, 3.8) is 0 Å². The van der Waals surface area contributed by atoms with Gasteiger partial charge in [0.15, 0.2) is 0 Å². The number of ether oxygens (including phenoxy) is 1. The van der Waals surface area contributed by atoms with E-state index in [0.29, 0.717) is 6.54 Å². The Balaban J connectivity index is 1.82. The quantitative estimate of drug-likeness (QED) is 0.852. The topological polar surface area (TPSA) is 53.1 Å². The van der Waals surface area contributed by atoms with Crippen LogP contribution in [0.4, 0.5) is 0 Å². The van der Waals surface area contributed by atoms with Crippen LogP contribution in [0.3, 0.4) is 0 Å². The standard InChI is InChI=1S/C13H23N3O/c1-16-9-12(8-15-16)13(7-14)17-10-11-5-3-2-4-6-11/h8-9,11,13H,2-7,10,14H2,1H3. The van der Waals surface area contributed by atoms with Crippen molar-refractivity contribution in [3.05, 3.63) is 18.0 Å². The molecule has 0 bridgehead atoms. The fourth-order valence-electron chi connectivity index (χ4n) is 2.51. The van der Waals surface area contributed by atoms with Crippen molar-refractivity contribution in [1.29, 1.82) is 0 Å². The summed E-state index contributed by atoms with van der Waals surface area (Å²) in [5.74, 6) is 0.731. The molecule has 1 fully saturated rings. The van der Waals surface area contributed by atoms with Crippen LogP contribution in [-0.2, 0) is 11.8 Å². The molecule has 0 saturated heterocycles. The molecule has 4 heteroatoms. The second-order valence-corrected chi connectivity index (χ2v) is 5.01. The number of hydrogen-bond acceptors (Lipinski definition) is 3. The molecule has 1 aromatic rings. The predicted octanol–water partition coefficient (Wildman–Crippen LogP) is 2.02. The van der Waals surface area contributed by atoms with Crippen LogP contribution in [0.25, 0.3) is 0 Å². The number of rotatable bonds is 5. The molecule has 17 heavy (non-hydrogen) atoms. The van der Waals surface area contributed by atoms with Gasteiger partial charge in [-0.2, -0.15) is 5.10 Å². The van der Waals surface area contributed by atoms with Gasteiger partial charge in [-0.15, -0.1) is 0 Å². The van der Waals surface area contributed by atoms with E-state index in [-0.39, 0.29) is 6.10 Å². The Morgan fingerprint density at radius 3 is 2.82 bits per heavy atom. The Morgan fingerprint density at radius 1 is 1.47 bits per heavy atom. The SMILES string of the molecule is Cn1cc(C(CN)OCC2CCCCC2)cn1. The molecular weight excluding hydrogens is 214 g/mol. The van der Waals surface area contributed by atoms with E-state index in [9.17, 15) is 0 Å². The van der Waals surface area contributed by atoms with Crippen LogP contribution in [0.5, 0.6) is 0 Å². The summed E-state index contributed by atoms with van der Waals surface area (Å²) in [5, 5.41) is 4.16. The van der Waals surface area contributed by atoms with Gasteiger partial charge in [0.2, 0.25) is 0 Å². The molecule has 1 aliphatic rings. The van der Waals surface area contributed by atoms with Crippen molar-refractivity contribution in [2.24, 2.45) is 18.7 Å². The van der Waals surface area contributed by atoms with E-state index in [0.717, 1.165) is 18.1 Å². The minimum Gasteiger partial charge on any atom is -0.372 e. The predicted molar refractivity (Wildman–Crippen MR) is 67.5 cm³/mol. The van der Waals surface area contributed by atoms with Crippen molar-refractivity contribution in [2.45, 2.75) is 38.2 Å². The second-order valence-electron chi connectivity index (χ2n) is 5.01. The summed E-state index contributed by atoms with van der Waals surface area (Å²) in [6, 6.07) is 0. The molecule has 1 heterocycles. The molecule has 0 amide bonds. The van der Waals surface area contributed by atoms with Crippen molar-refractivity contribution < 1.29 is 4.74 Å². The minimum atomic E-state index is 0.00521. The first-order valence-electron chi connectivity index (χ1n) is 6.60. The van der Waals surface area contributed by atoms with Crippen LogP contribution in [0.15, 0.2) is 12.4 Å². The number of aryl methyl sites for hydroxylation is 1. The van der Waals surface area contributed by atoms with Gasteiger partial charge in [0.1, 0.15) is 0 Å². The van der Waals surface area contributed by atoms with Crippen molar-refractivity contribution in [3.8, 4) is 0 Å². The maximum atomic E-state index is 5.95. The molecule has 2 rings (SSSR count). The average molecular weight is 237 g/mol. The Bertz CT molecular complexity index is 331. The summed E-state index contributed by atoms with van der Waals surface area (Å²) in [5.41, 5.74) is 6.86. The monoisotopic (exact) mass is 237 g/mol. The third-order valence-electron chi connectivity index (χ3n) is 3.57. The van der Waals surface area contributed by atoms with Gasteiger partial charge in [0.05, 0.1) is 18.9 Å². The molecule has 1 aromatic heterocycles. The summed E-state index contributed by atoms with van der Waals surface area (Å²) in [4.78, 5) is 0. The molecule has 96 valence electrons. The van der Waals surface area contributed by atoms with E-state index in [1.54, 1.807) is 4.68 Å². The zero-order valence-electron chi connectivity index (χ0n) is 10.6. The van der Waals surface area contributed by atoms with Crippen LogP contribution < -0.4 is 5.73 Å². The minimum absolute atomic E-state index is 0.00521. The highest BCUT2D eigenvalue weighted by atomic mass is 16.5. The fourth-order valence-corrected chi connectivity index (χ4v) is 2.51. The van der Waals surface area contributed by atoms with E-state index in [2.05, 4.69) is 5.10 Å². The summed E-state index contributed by atoms with van der Waals surface area (Å²) in [7, 11) is 1.91. The van der Waals surface area contributed by atoms with Crippen LogP contribution in [-0.4, -0.2) is 22.9 Å². The Morgan fingerprint density at radius 2 is 2.24 bits per heavy atom. The summed E-state index contributed by atoms with van der Waals surface area (Å²) in [6.07, 6.45) is 10.6. The van der Waals surface area contributed by atoms with Crippen LogP contribution in [0.1, 0.15) is 43.8 Å². The lowest BCUT2D eigenvalue weighted by Gasteiger charge is -2.24. The first kappa shape index (κ1) is 12.6. The smallest absolute Gasteiger partial charge is 0.0977 e. The van der Waals surface area contributed by atoms with Gasteiger partial charge < -0.3 is 10.5 Å². The van der Waals surface area contributed by atoms with Crippen molar-refractivity contribution in [1.82, 2.24) is 9.78 Å². The molecular formula is C13H23N3O. The molecule has 1 atom stereocenters. The summed E-state index contributed by atoms with van der Waals surface area (Å²) >= 11 is 0. The van der Waals surface area contributed by atoms with Crippen molar-refractivity contribution >= 4 is 0 Å². The Hall–Kier alpha value is -0.870. The highest BCUT2D eigenvalue weighted by Gasteiger charge is 2.17. The van der Waals surface area contributed by atoms with Crippen molar-refractivity contribution in [2.75, 3.05) is 13.2 Å². The number of nitrogens with zero attached hydrogens (tertiary/aromatic N) is 2. The van der Waals surface area contributed by atoms with Crippen LogP contribution in [0, 0.1) is 5.92 Å². The molecule has 0 aromatic carbocycles. The van der Waals surface area contributed by atoms with E-state index in [4.69, 9.17) is 10.5 Å². The van der Waals surface area contributed by atoms with Gasteiger partial charge in [0.25, 0.3) is 0 Å². The van der Waals surface area contributed by atoms with E-state index in [1.807, 2.05) is 19.4 Å². The summed E-state index contributed by atoms with van der Waals surface area (Å²) in [6.45, 7) is 1.37. The number of hydrogen-bond donors (Lipinski definition) is 1. The third-order valence-corrected chi connectivity index (χ3v) is 3.57. The average Bonchev–Trinajstić information content (AvgIpc) is 2.78. The molecule has 1 unspecified atom stereocenters. The molecule has 4 nitrogen and oxygen atoms in total. The largest absolute Gasteiger partial charge is 0.372 e. The first-order valence-corrected chi connectivity index (χ1v) is 6.60. The highest BCUT2D eigenvalue weighted by molar-refractivity contribution is 5.08. The molecule has 0 aliphatic heterocycles. The third kappa shape index (κ3) is 3.54. The van der Waals surface area contributed by atoms with Gasteiger partial charge in [-0.05, 0) is 18.8 Å². The zero-order chi connectivity index (χ0) is 12.1. The second kappa shape index (κ2) is 6.17. The van der Waals surface area contributed by atoms with Crippen LogP contribution >= 0.6 is 0 Å². The highest BCUT2D eigenvalue weighted by Crippen LogP contribution is 2.25. The van der Waals surface area contributed by atoms with Gasteiger partial charge in [-0.1, -0.05) is 19.3 Å². The maximum Gasteiger partial charge on any atom is 0.0977 e. The molecule has 0 radical (unpaired) electrons. The van der Waals surface area contributed by atoms with Gasteiger partial charge in [-0.3, -0.25) is 4.68 Å². The molecule has 0 spiro atoms. The number of nitrogens with two attached hydrogens (primary N) is 1. The van der Waals surface area contributed by atoms with Gasteiger partial charge in [-0.25, -0.2) is 0 Å². The lowest BCUT2D eigenvalue weighted by atomic mass is 9.90. The lowest BCUT2D eigenvalue weighted by molar-refractivity contribution is 0.0246. The van der Waals surface area contributed by atoms with Crippen LogP contribution in [0.2, 0.25) is 0 Å².